The van der Waals surface area contributed by atoms with Gasteiger partial charge in [0.05, 0.1) is 6.61 Å². The van der Waals surface area contributed by atoms with E-state index in [-0.39, 0.29) is 6.61 Å². The van der Waals surface area contributed by atoms with Crippen molar-refractivity contribution in [2.45, 2.75) is 26.8 Å². The van der Waals surface area contributed by atoms with E-state index < -0.39 is 0 Å². The minimum Gasteiger partial charge on any atom is -0.395 e. The summed E-state index contributed by atoms with van der Waals surface area (Å²) in [5, 5.41) is 12.3. The Kier molecular flexibility index (Phi) is 6.01. The number of aliphatic hydroxyl groups excluding tert-OH is 1. The fourth-order valence-corrected chi connectivity index (χ4v) is 1.94. The van der Waals surface area contributed by atoms with Crippen molar-refractivity contribution in [3.63, 3.8) is 0 Å². The maximum atomic E-state index is 8.94. The van der Waals surface area contributed by atoms with Gasteiger partial charge in [0.2, 0.25) is 0 Å². The second-order valence-electron chi connectivity index (χ2n) is 4.44. The highest BCUT2D eigenvalue weighted by atomic mass is 16.3. The molecule has 3 heteroatoms. The van der Waals surface area contributed by atoms with Gasteiger partial charge in [-0.1, -0.05) is 19.1 Å². The van der Waals surface area contributed by atoms with Crippen LogP contribution in [0.25, 0.3) is 0 Å². The summed E-state index contributed by atoms with van der Waals surface area (Å²) in [7, 11) is 2.01. The quantitative estimate of drug-likeness (QED) is 0.710. The van der Waals surface area contributed by atoms with E-state index >= 15 is 0 Å². The first-order valence-electron chi connectivity index (χ1n) is 6.31. The third-order valence-corrected chi connectivity index (χ3v) is 2.86. The van der Waals surface area contributed by atoms with Crippen molar-refractivity contribution in [3.05, 3.63) is 29.3 Å². The van der Waals surface area contributed by atoms with Crippen molar-refractivity contribution in [2.24, 2.45) is 0 Å². The van der Waals surface area contributed by atoms with E-state index in [1.165, 1.54) is 16.8 Å². The second kappa shape index (κ2) is 7.30. The Hall–Kier alpha value is -1.06. The van der Waals surface area contributed by atoms with Crippen molar-refractivity contribution < 1.29 is 5.11 Å². The lowest BCUT2D eigenvalue weighted by molar-refractivity contribution is 0.304. The molecule has 0 saturated heterocycles. The number of hydrogen-bond donors (Lipinski definition) is 2. The van der Waals surface area contributed by atoms with Crippen LogP contribution in [-0.4, -0.2) is 31.9 Å². The molecule has 0 bridgehead atoms. The fourth-order valence-electron chi connectivity index (χ4n) is 1.94. The van der Waals surface area contributed by atoms with E-state index in [9.17, 15) is 0 Å². The van der Waals surface area contributed by atoms with Gasteiger partial charge >= 0.3 is 0 Å². The van der Waals surface area contributed by atoms with E-state index in [0.29, 0.717) is 6.54 Å². The van der Waals surface area contributed by atoms with Crippen LogP contribution < -0.4 is 10.2 Å². The summed E-state index contributed by atoms with van der Waals surface area (Å²) in [4.78, 5) is 2.08. The zero-order valence-corrected chi connectivity index (χ0v) is 11.2. The topological polar surface area (TPSA) is 35.5 Å². The monoisotopic (exact) mass is 236 g/mol. The number of rotatable bonds is 7. The molecule has 0 radical (unpaired) electrons. The van der Waals surface area contributed by atoms with Crippen molar-refractivity contribution in [1.82, 2.24) is 5.32 Å². The highest BCUT2D eigenvalue weighted by Gasteiger charge is 2.04. The summed E-state index contributed by atoms with van der Waals surface area (Å²) >= 11 is 0. The fraction of sp³-hybridized carbons (Fsp3) is 0.571. The average Bonchev–Trinajstić information content (AvgIpc) is 2.29. The van der Waals surface area contributed by atoms with Gasteiger partial charge < -0.3 is 15.3 Å². The first-order valence-corrected chi connectivity index (χ1v) is 6.31. The highest BCUT2D eigenvalue weighted by Crippen LogP contribution is 2.19. The van der Waals surface area contributed by atoms with E-state index in [2.05, 4.69) is 42.3 Å². The molecule has 17 heavy (non-hydrogen) atoms. The van der Waals surface area contributed by atoms with Crippen molar-refractivity contribution in [2.75, 3.05) is 31.6 Å². The molecule has 1 aromatic carbocycles. The first-order chi connectivity index (χ1) is 8.19. The Labute approximate surface area is 104 Å². The number of nitrogens with one attached hydrogen (secondary N) is 1. The van der Waals surface area contributed by atoms with Crippen molar-refractivity contribution >= 4 is 5.69 Å². The van der Waals surface area contributed by atoms with Gasteiger partial charge in [0.15, 0.2) is 0 Å². The number of nitrogens with zero attached hydrogens (tertiary/aromatic N) is 1. The van der Waals surface area contributed by atoms with Crippen LogP contribution in [0.1, 0.15) is 24.5 Å². The predicted molar refractivity (Wildman–Crippen MR) is 73.5 cm³/mol. The number of aliphatic hydroxyl groups is 1. The SMILES string of the molecule is CCCNCc1ccc(N(C)CCO)c(C)c1. The van der Waals surface area contributed by atoms with Gasteiger partial charge in [-0.25, -0.2) is 0 Å². The lowest BCUT2D eigenvalue weighted by Gasteiger charge is -2.21. The number of anilines is 1. The molecule has 0 aromatic heterocycles. The van der Waals surface area contributed by atoms with Gasteiger partial charge in [0.1, 0.15) is 0 Å². The molecule has 0 aliphatic carbocycles. The molecule has 0 unspecified atom stereocenters. The normalized spacial score (nSPS) is 10.6. The molecule has 3 nitrogen and oxygen atoms in total. The van der Waals surface area contributed by atoms with Gasteiger partial charge in [0, 0.05) is 25.8 Å². The summed E-state index contributed by atoms with van der Waals surface area (Å²) in [6.45, 7) is 7.14. The zero-order valence-electron chi connectivity index (χ0n) is 11.2. The number of likely N-dealkylation sites (N-methyl/N-ethyl adjacent to an activating group) is 1. The van der Waals surface area contributed by atoms with Gasteiger partial charge in [-0.3, -0.25) is 0 Å². The van der Waals surface area contributed by atoms with Crippen LogP contribution in [0.4, 0.5) is 5.69 Å². The smallest absolute Gasteiger partial charge is 0.0606 e. The molecule has 96 valence electrons. The molecule has 0 atom stereocenters. The molecule has 0 saturated carbocycles. The third kappa shape index (κ3) is 4.36. The Balaban J connectivity index is 2.65. The predicted octanol–water partition coefficient (Wildman–Crippen LogP) is 1.92. The van der Waals surface area contributed by atoms with Gasteiger partial charge in [0.25, 0.3) is 0 Å². The van der Waals surface area contributed by atoms with E-state index in [0.717, 1.165) is 19.5 Å². The molecule has 0 aliphatic rings. The van der Waals surface area contributed by atoms with Crippen LogP contribution in [0.5, 0.6) is 0 Å². The Bertz CT molecular complexity index is 339. The number of hydrogen-bond acceptors (Lipinski definition) is 3. The molecular weight excluding hydrogens is 212 g/mol. The maximum Gasteiger partial charge on any atom is 0.0606 e. The summed E-state index contributed by atoms with van der Waals surface area (Å²) in [5.41, 5.74) is 3.77. The van der Waals surface area contributed by atoms with Crippen LogP contribution in [0.3, 0.4) is 0 Å². The average molecular weight is 236 g/mol. The van der Waals surface area contributed by atoms with Crippen LogP contribution in [-0.2, 0) is 6.54 Å². The molecular formula is C14H24N2O. The molecule has 1 rings (SSSR count). The van der Waals surface area contributed by atoms with Gasteiger partial charge in [-0.2, -0.15) is 0 Å². The zero-order chi connectivity index (χ0) is 12.7. The van der Waals surface area contributed by atoms with Gasteiger partial charge in [-0.05, 0) is 37.1 Å². The molecule has 0 amide bonds. The molecule has 0 fully saturated rings. The number of benzene rings is 1. The third-order valence-electron chi connectivity index (χ3n) is 2.86. The summed E-state index contributed by atoms with van der Waals surface area (Å²) in [6.07, 6.45) is 1.16. The van der Waals surface area contributed by atoms with E-state index in [4.69, 9.17) is 5.11 Å². The van der Waals surface area contributed by atoms with Crippen molar-refractivity contribution in [3.8, 4) is 0 Å². The second-order valence-corrected chi connectivity index (χ2v) is 4.44. The van der Waals surface area contributed by atoms with Crippen LogP contribution in [0.15, 0.2) is 18.2 Å². The molecule has 0 spiro atoms. The lowest BCUT2D eigenvalue weighted by atomic mass is 10.1. The molecule has 2 N–H and O–H groups in total. The molecule has 1 aromatic rings. The van der Waals surface area contributed by atoms with E-state index in [1.54, 1.807) is 0 Å². The van der Waals surface area contributed by atoms with Crippen LogP contribution >= 0.6 is 0 Å². The lowest BCUT2D eigenvalue weighted by Crippen LogP contribution is -2.22. The minimum absolute atomic E-state index is 0.190. The standard InChI is InChI=1S/C14H24N2O/c1-4-7-15-11-13-5-6-14(12(2)10-13)16(3)8-9-17/h5-6,10,15,17H,4,7-9,11H2,1-3H3. The molecule has 0 heterocycles. The van der Waals surface area contributed by atoms with Crippen LogP contribution in [0.2, 0.25) is 0 Å². The largest absolute Gasteiger partial charge is 0.395 e. The molecule has 0 aliphatic heterocycles. The summed E-state index contributed by atoms with van der Waals surface area (Å²) < 4.78 is 0. The summed E-state index contributed by atoms with van der Waals surface area (Å²) in [6, 6.07) is 6.50. The minimum atomic E-state index is 0.190. The van der Waals surface area contributed by atoms with Gasteiger partial charge in [-0.15, -0.1) is 0 Å². The van der Waals surface area contributed by atoms with E-state index in [1.807, 2.05) is 7.05 Å². The Morgan fingerprint density at radius 3 is 2.71 bits per heavy atom. The highest BCUT2D eigenvalue weighted by molar-refractivity contribution is 5.53. The maximum absolute atomic E-state index is 8.94. The first kappa shape index (κ1) is 14.0. The van der Waals surface area contributed by atoms with Crippen molar-refractivity contribution in [1.29, 1.82) is 0 Å². The van der Waals surface area contributed by atoms with Crippen LogP contribution in [0, 0.1) is 6.92 Å². The Morgan fingerprint density at radius 2 is 2.12 bits per heavy atom. The Morgan fingerprint density at radius 1 is 1.35 bits per heavy atom. The summed E-state index contributed by atoms with van der Waals surface area (Å²) in [5.74, 6) is 0. The number of aryl methyl sites for hydroxylation is 1.